The number of hydrogen-bond donors (Lipinski definition) is 3. The Morgan fingerprint density at radius 3 is 3.10 bits per heavy atom. The summed E-state index contributed by atoms with van der Waals surface area (Å²) in [7, 11) is 0. The molecule has 2 amide bonds. The molecule has 1 saturated heterocycles. The van der Waals surface area contributed by atoms with Gasteiger partial charge < -0.3 is 20.5 Å². The fourth-order valence-electron chi connectivity index (χ4n) is 3.58. The van der Waals surface area contributed by atoms with E-state index in [0.29, 0.717) is 41.7 Å². The second-order valence-corrected chi connectivity index (χ2v) is 7.74. The van der Waals surface area contributed by atoms with Crippen molar-refractivity contribution in [3.63, 3.8) is 0 Å². The number of fused-ring (bicyclic) bond motifs is 1. The van der Waals surface area contributed by atoms with Crippen LogP contribution in [0.3, 0.4) is 0 Å². The van der Waals surface area contributed by atoms with E-state index in [2.05, 4.69) is 30.6 Å². The zero-order chi connectivity index (χ0) is 21.1. The summed E-state index contributed by atoms with van der Waals surface area (Å²) in [6, 6.07) is 1.58. The van der Waals surface area contributed by atoms with Crippen LogP contribution >= 0.6 is 11.6 Å². The molecule has 3 aromatic heterocycles. The van der Waals surface area contributed by atoms with Crippen molar-refractivity contribution in [3.8, 4) is 11.4 Å². The van der Waals surface area contributed by atoms with Gasteiger partial charge in [-0.3, -0.25) is 0 Å². The summed E-state index contributed by atoms with van der Waals surface area (Å²) < 4.78 is 14.4. The Labute approximate surface area is 178 Å². The van der Waals surface area contributed by atoms with E-state index in [-0.39, 0.29) is 17.9 Å². The maximum atomic E-state index is 14.4. The highest BCUT2D eigenvalue weighted by molar-refractivity contribution is 6.31. The van der Waals surface area contributed by atoms with Crippen molar-refractivity contribution in [3.05, 3.63) is 35.5 Å². The SMILES string of the molecule is CCCNC(=O)N1CCC[C@@H](Nc2nc(-c3c[nH]c4ncc(Cl)cc34)ncc2F)C1. The largest absolute Gasteiger partial charge is 0.363 e. The molecule has 10 heteroatoms. The van der Waals surface area contributed by atoms with Gasteiger partial charge in [0, 0.05) is 49.0 Å². The maximum absolute atomic E-state index is 14.4. The fourth-order valence-corrected chi connectivity index (χ4v) is 3.74. The number of nitrogens with one attached hydrogen (secondary N) is 3. The topological polar surface area (TPSA) is 98.8 Å². The van der Waals surface area contributed by atoms with Gasteiger partial charge in [-0.15, -0.1) is 0 Å². The minimum Gasteiger partial charge on any atom is -0.363 e. The maximum Gasteiger partial charge on any atom is 0.317 e. The van der Waals surface area contributed by atoms with E-state index < -0.39 is 5.82 Å². The Kier molecular flexibility index (Phi) is 5.98. The van der Waals surface area contributed by atoms with Crippen LogP contribution in [-0.2, 0) is 0 Å². The van der Waals surface area contributed by atoms with Crippen LogP contribution in [0, 0.1) is 5.82 Å². The lowest BCUT2D eigenvalue weighted by Crippen LogP contribution is -2.49. The minimum atomic E-state index is -0.540. The van der Waals surface area contributed by atoms with E-state index in [4.69, 9.17) is 11.6 Å². The molecule has 0 saturated carbocycles. The lowest BCUT2D eigenvalue weighted by molar-refractivity contribution is 0.182. The quantitative estimate of drug-likeness (QED) is 0.570. The Balaban J connectivity index is 1.53. The predicted molar refractivity (Wildman–Crippen MR) is 114 cm³/mol. The first-order chi connectivity index (χ1) is 14.5. The number of rotatable bonds is 5. The standard InChI is InChI=1S/C20H23ClFN7O/c1-2-5-23-20(30)29-6-3-4-13(11-29)27-19-16(22)10-26-18(28-19)15-9-25-17-14(15)7-12(21)8-24-17/h7-10,13H,2-6,11H2,1H3,(H,23,30)(H,24,25)(H,26,27,28)/t13-/m1/s1. The van der Waals surface area contributed by atoms with Gasteiger partial charge in [0.15, 0.2) is 17.5 Å². The molecule has 4 heterocycles. The van der Waals surface area contributed by atoms with Crippen molar-refractivity contribution in [2.24, 2.45) is 0 Å². The monoisotopic (exact) mass is 431 g/mol. The van der Waals surface area contributed by atoms with Gasteiger partial charge in [0.1, 0.15) is 5.65 Å². The van der Waals surface area contributed by atoms with Crippen molar-refractivity contribution < 1.29 is 9.18 Å². The van der Waals surface area contributed by atoms with Gasteiger partial charge in [0.2, 0.25) is 0 Å². The second-order valence-electron chi connectivity index (χ2n) is 7.30. The van der Waals surface area contributed by atoms with Gasteiger partial charge in [-0.2, -0.15) is 0 Å². The van der Waals surface area contributed by atoms with Crippen LogP contribution in [0.4, 0.5) is 15.0 Å². The highest BCUT2D eigenvalue weighted by atomic mass is 35.5. The number of halogens is 2. The summed E-state index contributed by atoms with van der Waals surface area (Å²) in [5, 5.41) is 7.29. The summed E-state index contributed by atoms with van der Waals surface area (Å²) >= 11 is 6.06. The van der Waals surface area contributed by atoms with Crippen molar-refractivity contribution in [2.75, 3.05) is 25.0 Å². The number of carbonyl (C=O) groups is 1. The van der Waals surface area contributed by atoms with E-state index in [0.717, 1.165) is 30.8 Å². The van der Waals surface area contributed by atoms with E-state index in [9.17, 15) is 9.18 Å². The first-order valence-electron chi connectivity index (χ1n) is 10.00. The third-order valence-electron chi connectivity index (χ3n) is 5.06. The summed E-state index contributed by atoms with van der Waals surface area (Å²) in [6.45, 7) is 3.82. The van der Waals surface area contributed by atoms with Crippen molar-refractivity contribution in [1.29, 1.82) is 0 Å². The van der Waals surface area contributed by atoms with E-state index in [1.807, 2.05) is 6.92 Å². The number of anilines is 1. The molecule has 3 aromatic rings. The average molecular weight is 432 g/mol. The Hall–Kier alpha value is -2.94. The number of aromatic amines is 1. The van der Waals surface area contributed by atoms with E-state index in [1.165, 1.54) is 0 Å². The highest BCUT2D eigenvalue weighted by Crippen LogP contribution is 2.28. The molecular weight excluding hydrogens is 409 g/mol. The van der Waals surface area contributed by atoms with Gasteiger partial charge in [-0.25, -0.2) is 24.1 Å². The molecule has 1 aliphatic heterocycles. The van der Waals surface area contributed by atoms with Crippen molar-refractivity contribution in [1.82, 2.24) is 30.2 Å². The third-order valence-corrected chi connectivity index (χ3v) is 5.27. The van der Waals surface area contributed by atoms with Crippen LogP contribution in [0.15, 0.2) is 24.7 Å². The number of H-pyrrole nitrogens is 1. The smallest absolute Gasteiger partial charge is 0.317 e. The van der Waals surface area contributed by atoms with Gasteiger partial charge in [0.05, 0.1) is 11.2 Å². The molecular formula is C20H23ClFN7O. The number of nitrogens with zero attached hydrogens (tertiary/aromatic N) is 4. The van der Waals surface area contributed by atoms with Crippen LogP contribution in [0.1, 0.15) is 26.2 Å². The van der Waals surface area contributed by atoms with Crippen molar-refractivity contribution >= 4 is 34.5 Å². The van der Waals surface area contributed by atoms with E-state index >= 15 is 0 Å². The first-order valence-corrected chi connectivity index (χ1v) is 10.4. The Bertz CT molecular complexity index is 1060. The molecule has 30 heavy (non-hydrogen) atoms. The Morgan fingerprint density at radius 1 is 1.40 bits per heavy atom. The molecule has 3 N–H and O–H groups in total. The predicted octanol–water partition coefficient (Wildman–Crippen LogP) is 3.81. The summed E-state index contributed by atoms with van der Waals surface area (Å²) in [4.78, 5) is 29.8. The lowest BCUT2D eigenvalue weighted by Gasteiger charge is -2.33. The fraction of sp³-hybridized carbons (Fsp3) is 0.400. The van der Waals surface area contributed by atoms with Gasteiger partial charge in [0.25, 0.3) is 0 Å². The highest BCUT2D eigenvalue weighted by Gasteiger charge is 2.25. The molecule has 1 atom stereocenters. The normalized spacial score (nSPS) is 16.6. The molecule has 4 rings (SSSR count). The summed E-state index contributed by atoms with van der Waals surface area (Å²) in [6.07, 6.45) is 6.96. The number of aromatic nitrogens is 4. The minimum absolute atomic E-state index is 0.0876. The number of carbonyl (C=O) groups excluding carboxylic acids is 1. The summed E-state index contributed by atoms with van der Waals surface area (Å²) in [5.41, 5.74) is 1.34. The Morgan fingerprint density at radius 2 is 2.27 bits per heavy atom. The molecule has 0 bridgehead atoms. The van der Waals surface area contributed by atoms with Crippen LogP contribution in [0.5, 0.6) is 0 Å². The van der Waals surface area contributed by atoms with Crippen LogP contribution in [0.2, 0.25) is 5.02 Å². The number of piperidine rings is 1. The molecule has 0 unspecified atom stereocenters. The molecule has 0 aliphatic carbocycles. The molecule has 0 spiro atoms. The van der Waals surface area contributed by atoms with Crippen LogP contribution in [-0.4, -0.2) is 56.5 Å². The number of likely N-dealkylation sites (tertiary alicyclic amines) is 1. The number of pyridine rings is 1. The number of hydrogen-bond acceptors (Lipinski definition) is 5. The molecule has 158 valence electrons. The number of urea groups is 1. The molecule has 1 aliphatic rings. The van der Waals surface area contributed by atoms with Gasteiger partial charge >= 0.3 is 6.03 Å². The molecule has 1 fully saturated rings. The van der Waals surface area contributed by atoms with E-state index in [1.54, 1.807) is 23.4 Å². The first kappa shape index (κ1) is 20.3. The zero-order valence-corrected chi connectivity index (χ0v) is 17.3. The van der Waals surface area contributed by atoms with Crippen LogP contribution in [0.25, 0.3) is 22.4 Å². The van der Waals surface area contributed by atoms with Gasteiger partial charge in [-0.05, 0) is 25.3 Å². The van der Waals surface area contributed by atoms with Crippen molar-refractivity contribution in [2.45, 2.75) is 32.2 Å². The van der Waals surface area contributed by atoms with Crippen LogP contribution < -0.4 is 10.6 Å². The van der Waals surface area contributed by atoms with Gasteiger partial charge in [-0.1, -0.05) is 18.5 Å². The average Bonchev–Trinajstić information content (AvgIpc) is 3.17. The second kappa shape index (κ2) is 8.83. The molecule has 8 nitrogen and oxygen atoms in total. The number of amides is 2. The third kappa shape index (κ3) is 4.30. The zero-order valence-electron chi connectivity index (χ0n) is 16.6. The molecule has 0 radical (unpaired) electrons. The lowest BCUT2D eigenvalue weighted by atomic mass is 10.1. The summed E-state index contributed by atoms with van der Waals surface area (Å²) in [5.74, 6) is -0.0602. The molecule has 0 aromatic carbocycles.